The Labute approximate surface area is 134 Å². The van der Waals surface area contributed by atoms with Crippen molar-refractivity contribution in [2.45, 2.75) is 33.0 Å². The molecular formula is C18H20F3NO. The molecular weight excluding hydrogens is 303 g/mol. The number of rotatable bonds is 7. The molecule has 0 saturated heterocycles. The highest BCUT2D eigenvalue weighted by Gasteiger charge is 2.22. The van der Waals surface area contributed by atoms with Crippen molar-refractivity contribution in [3.8, 4) is 0 Å². The number of halogens is 3. The first-order valence-corrected chi connectivity index (χ1v) is 7.47. The quantitative estimate of drug-likeness (QED) is 0.739. The summed E-state index contributed by atoms with van der Waals surface area (Å²) in [6, 6.07) is 13.8. The number of hydrogen-bond acceptors (Lipinski definition) is 2. The minimum Gasteiger partial charge on any atom is -0.373 e. The number of para-hydroxylation sites is 1. The number of ether oxygens (including phenoxy) is 1. The molecule has 0 aromatic heterocycles. The van der Waals surface area contributed by atoms with Crippen LogP contribution in [0.15, 0.2) is 48.5 Å². The molecule has 0 amide bonds. The van der Waals surface area contributed by atoms with E-state index in [2.05, 4.69) is 5.32 Å². The molecule has 0 aliphatic rings. The topological polar surface area (TPSA) is 21.3 Å². The molecule has 124 valence electrons. The lowest BCUT2D eigenvalue weighted by atomic mass is 10.1. The molecule has 0 spiro atoms. The summed E-state index contributed by atoms with van der Waals surface area (Å²) in [4.78, 5) is 0. The molecule has 23 heavy (non-hydrogen) atoms. The lowest BCUT2D eigenvalue weighted by molar-refractivity contribution is -0.0406. The Kier molecular flexibility index (Phi) is 6.04. The Hall–Kier alpha value is -2.01. The first-order valence-electron chi connectivity index (χ1n) is 7.47. The van der Waals surface area contributed by atoms with Crippen LogP contribution in [-0.2, 0) is 11.3 Å². The molecule has 5 heteroatoms. The molecule has 0 heterocycles. The zero-order chi connectivity index (χ0) is 16.8. The van der Waals surface area contributed by atoms with Crippen molar-refractivity contribution in [3.05, 3.63) is 59.9 Å². The van der Waals surface area contributed by atoms with E-state index in [9.17, 15) is 13.2 Å². The second-order valence-corrected chi connectivity index (χ2v) is 5.51. The molecule has 2 rings (SSSR count). The molecule has 1 N–H and O–H groups in total. The lowest BCUT2D eigenvalue weighted by Crippen LogP contribution is -2.24. The Morgan fingerprint density at radius 3 is 2.39 bits per heavy atom. The third kappa shape index (κ3) is 4.99. The molecule has 2 atom stereocenters. The van der Waals surface area contributed by atoms with Crippen LogP contribution in [0.2, 0.25) is 0 Å². The average molecular weight is 323 g/mol. The second-order valence-electron chi connectivity index (χ2n) is 5.51. The molecule has 0 aliphatic carbocycles. The van der Waals surface area contributed by atoms with E-state index < -0.39 is 18.4 Å². The van der Waals surface area contributed by atoms with Crippen molar-refractivity contribution in [1.82, 2.24) is 0 Å². The largest absolute Gasteiger partial charge is 0.373 e. The summed E-state index contributed by atoms with van der Waals surface area (Å²) in [6.07, 6.45) is -3.00. The fraction of sp³-hybridized carbons (Fsp3) is 0.333. The van der Waals surface area contributed by atoms with Crippen LogP contribution in [0.3, 0.4) is 0 Å². The third-order valence-electron chi connectivity index (χ3n) is 3.73. The molecule has 0 saturated carbocycles. The van der Waals surface area contributed by atoms with Crippen molar-refractivity contribution in [3.63, 3.8) is 0 Å². The zero-order valence-electron chi connectivity index (χ0n) is 13.1. The monoisotopic (exact) mass is 323 g/mol. The van der Waals surface area contributed by atoms with Gasteiger partial charge in [-0.25, -0.2) is 13.2 Å². The van der Waals surface area contributed by atoms with Gasteiger partial charge in [-0.3, -0.25) is 0 Å². The minimum absolute atomic E-state index is 0.155. The fourth-order valence-corrected chi connectivity index (χ4v) is 2.02. The van der Waals surface area contributed by atoms with Crippen molar-refractivity contribution in [2.75, 3.05) is 5.32 Å². The van der Waals surface area contributed by atoms with E-state index in [0.29, 0.717) is 5.69 Å². The molecule has 2 unspecified atom stereocenters. The summed E-state index contributed by atoms with van der Waals surface area (Å²) < 4.78 is 44.6. The van der Waals surface area contributed by atoms with Crippen LogP contribution >= 0.6 is 0 Å². The van der Waals surface area contributed by atoms with Gasteiger partial charge in [-0.2, -0.15) is 0 Å². The lowest BCUT2D eigenvalue weighted by Gasteiger charge is -2.20. The summed E-state index contributed by atoms with van der Waals surface area (Å²) in [7, 11) is 0. The predicted octanol–water partition coefficient (Wildman–Crippen LogP) is 5.38. The minimum atomic E-state index is -2.42. The van der Waals surface area contributed by atoms with Gasteiger partial charge in [-0.15, -0.1) is 0 Å². The fourth-order valence-electron chi connectivity index (χ4n) is 2.02. The van der Waals surface area contributed by atoms with E-state index in [1.54, 1.807) is 19.1 Å². The molecule has 0 aliphatic heterocycles. The van der Waals surface area contributed by atoms with Gasteiger partial charge in [-0.1, -0.05) is 31.2 Å². The highest BCUT2D eigenvalue weighted by Crippen LogP contribution is 2.23. The third-order valence-corrected chi connectivity index (χ3v) is 3.73. The van der Waals surface area contributed by atoms with Crippen molar-refractivity contribution < 1.29 is 17.9 Å². The Morgan fingerprint density at radius 1 is 1.04 bits per heavy atom. The van der Waals surface area contributed by atoms with Gasteiger partial charge in [0.1, 0.15) is 5.82 Å². The van der Waals surface area contributed by atoms with Crippen LogP contribution in [0.1, 0.15) is 19.4 Å². The van der Waals surface area contributed by atoms with Gasteiger partial charge in [0.25, 0.3) is 0 Å². The summed E-state index contributed by atoms with van der Waals surface area (Å²) in [5.74, 6) is -1.23. The molecule has 2 nitrogen and oxygen atoms in total. The zero-order valence-corrected chi connectivity index (χ0v) is 13.1. The van der Waals surface area contributed by atoms with Gasteiger partial charge in [0.2, 0.25) is 6.43 Å². The molecule has 2 aromatic carbocycles. The van der Waals surface area contributed by atoms with Crippen LogP contribution in [-0.4, -0.2) is 12.5 Å². The van der Waals surface area contributed by atoms with Crippen molar-refractivity contribution in [1.29, 1.82) is 0 Å². The van der Waals surface area contributed by atoms with Crippen molar-refractivity contribution >= 4 is 11.4 Å². The number of nitrogens with one attached hydrogen (secondary N) is 1. The molecule has 0 radical (unpaired) electrons. The van der Waals surface area contributed by atoms with Gasteiger partial charge < -0.3 is 10.1 Å². The van der Waals surface area contributed by atoms with E-state index in [4.69, 9.17) is 4.74 Å². The molecule has 0 fully saturated rings. The van der Waals surface area contributed by atoms with E-state index in [-0.39, 0.29) is 12.4 Å². The highest BCUT2D eigenvalue weighted by atomic mass is 19.3. The average Bonchev–Trinajstić information content (AvgIpc) is 2.55. The summed E-state index contributed by atoms with van der Waals surface area (Å²) >= 11 is 0. The molecule has 2 aromatic rings. The van der Waals surface area contributed by atoms with E-state index >= 15 is 0 Å². The van der Waals surface area contributed by atoms with E-state index in [1.165, 1.54) is 13.0 Å². The normalized spacial score (nSPS) is 13.8. The van der Waals surface area contributed by atoms with Gasteiger partial charge in [-0.05, 0) is 36.8 Å². The highest BCUT2D eigenvalue weighted by molar-refractivity contribution is 5.60. The van der Waals surface area contributed by atoms with Gasteiger partial charge in [0.15, 0.2) is 0 Å². The predicted molar refractivity (Wildman–Crippen MR) is 85.5 cm³/mol. The van der Waals surface area contributed by atoms with Crippen LogP contribution in [0.4, 0.5) is 24.5 Å². The number of alkyl halides is 2. The Morgan fingerprint density at radius 2 is 1.74 bits per heavy atom. The van der Waals surface area contributed by atoms with Crippen LogP contribution < -0.4 is 5.32 Å². The molecule has 0 bridgehead atoms. The van der Waals surface area contributed by atoms with Gasteiger partial charge in [0.05, 0.1) is 18.4 Å². The summed E-state index contributed by atoms with van der Waals surface area (Å²) in [6.45, 7) is 3.22. The number of hydrogen-bond donors (Lipinski definition) is 1. The standard InChI is InChI=1S/C18H20F3NO/c1-12(18(20)21)13(2)23-11-14-8-9-16(19)17(10-14)22-15-6-4-3-5-7-15/h3-10,12-13,18,22H,11H2,1-2H3. The first kappa shape index (κ1) is 17.3. The van der Waals surface area contributed by atoms with E-state index in [1.807, 2.05) is 30.3 Å². The summed E-state index contributed by atoms with van der Waals surface area (Å²) in [5.41, 5.74) is 1.81. The SMILES string of the molecule is CC(OCc1ccc(F)c(Nc2ccccc2)c1)C(C)C(F)F. The smallest absolute Gasteiger partial charge is 0.243 e. The first-order chi connectivity index (χ1) is 11.0. The second kappa shape index (κ2) is 8.02. The van der Waals surface area contributed by atoms with Gasteiger partial charge in [0, 0.05) is 11.6 Å². The van der Waals surface area contributed by atoms with E-state index in [0.717, 1.165) is 11.3 Å². The van der Waals surface area contributed by atoms with Crippen LogP contribution in [0.25, 0.3) is 0 Å². The number of benzene rings is 2. The van der Waals surface area contributed by atoms with Crippen molar-refractivity contribution in [2.24, 2.45) is 5.92 Å². The summed E-state index contributed by atoms with van der Waals surface area (Å²) in [5, 5.41) is 2.99. The Balaban J connectivity index is 2.02. The maximum atomic E-state index is 13.9. The van der Waals surface area contributed by atoms with Crippen LogP contribution in [0, 0.1) is 11.7 Å². The van der Waals surface area contributed by atoms with Crippen LogP contribution in [0.5, 0.6) is 0 Å². The Bertz CT molecular complexity index is 619. The maximum Gasteiger partial charge on any atom is 0.243 e. The van der Waals surface area contributed by atoms with Gasteiger partial charge >= 0.3 is 0 Å². The number of anilines is 2. The maximum absolute atomic E-state index is 13.9.